The molecular formula is C20H21ClO4. The maximum absolute atomic E-state index is 12.4. The van der Waals surface area contributed by atoms with Gasteiger partial charge in [0.2, 0.25) is 0 Å². The smallest absolute Gasteiger partial charge is 0.314 e. The minimum Gasteiger partial charge on any atom is -0.492 e. The molecule has 0 aliphatic carbocycles. The zero-order chi connectivity index (χ0) is 18.4. The first kappa shape index (κ1) is 19.0. The summed E-state index contributed by atoms with van der Waals surface area (Å²) in [7, 11) is 0. The van der Waals surface area contributed by atoms with Gasteiger partial charge in [0.05, 0.1) is 12.0 Å². The largest absolute Gasteiger partial charge is 0.492 e. The molecule has 0 aliphatic heterocycles. The number of esters is 1. The highest BCUT2D eigenvalue weighted by molar-refractivity contribution is 6.30. The van der Waals surface area contributed by atoms with Crippen LogP contribution in [0, 0.1) is 5.41 Å². The van der Waals surface area contributed by atoms with Crippen molar-refractivity contribution in [1.82, 2.24) is 0 Å². The second kappa shape index (κ2) is 8.17. The summed E-state index contributed by atoms with van der Waals surface area (Å²) in [6.45, 7) is 5.83. The molecule has 0 fully saturated rings. The van der Waals surface area contributed by atoms with E-state index in [9.17, 15) is 9.59 Å². The average molecular weight is 361 g/mol. The fraction of sp³-hybridized carbons (Fsp3) is 0.300. The van der Waals surface area contributed by atoms with Gasteiger partial charge < -0.3 is 9.47 Å². The molecule has 0 aliphatic rings. The maximum atomic E-state index is 12.4. The zero-order valence-corrected chi connectivity index (χ0v) is 15.3. The monoisotopic (exact) mass is 360 g/mol. The predicted molar refractivity (Wildman–Crippen MR) is 97.2 cm³/mol. The van der Waals surface area contributed by atoms with Crippen LogP contribution in [0.4, 0.5) is 0 Å². The summed E-state index contributed by atoms with van der Waals surface area (Å²) in [5.41, 5.74) is 0.384. The maximum Gasteiger partial charge on any atom is 0.314 e. The van der Waals surface area contributed by atoms with E-state index in [2.05, 4.69) is 0 Å². The average Bonchev–Trinajstić information content (AvgIpc) is 2.61. The van der Waals surface area contributed by atoms with E-state index in [-0.39, 0.29) is 18.4 Å². The van der Waals surface area contributed by atoms with Gasteiger partial charge in [0, 0.05) is 16.1 Å². The topological polar surface area (TPSA) is 52.6 Å². The molecule has 2 rings (SSSR count). The van der Waals surface area contributed by atoms with Crippen molar-refractivity contribution in [3.8, 4) is 5.75 Å². The van der Waals surface area contributed by atoms with Crippen LogP contribution in [0.5, 0.6) is 5.75 Å². The first-order valence-electron chi connectivity index (χ1n) is 8.04. The number of benzene rings is 2. The molecule has 0 saturated heterocycles. The normalized spacial score (nSPS) is 11.0. The third kappa shape index (κ3) is 5.07. The highest BCUT2D eigenvalue weighted by atomic mass is 35.5. The molecule has 0 saturated carbocycles. The second-order valence-corrected chi connectivity index (χ2v) is 6.69. The SMILES string of the molecule is CCOC(=O)C(C)(C)COc1ccc(C(=O)c2ccc(Cl)cc2)cc1. The highest BCUT2D eigenvalue weighted by Crippen LogP contribution is 2.22. The van der Waals surface area contributed by atoms with Crippen LogP contribution in [0.3, 0.4) is 0 Å². The Balaban J connectivity index is 2.01. The molecule has 0 heterocycles. The zero-order valence-electron chi connectivity index (χ0n) is 14.5. The standard InChI is InChI=1S/C20H21ClO4/c1-4-24-19(23)20(2,3)13-25-17-11-7-15(8-12-17)18(22)14-5-9-16(21)10-6-14/h5-12H,4,13H2,1-3H3. The summed E-state index contributed by atoms with van der Waals surface area (Å²) >= 11 is 5.84. The summed E-state index contributed by atoms with van der Waals surface area (Å²) in [5.74, 6) is 0.199. The molecule has 2 aromatic rings. The molecule has 0 atom stereocenters. The number of ether oxygens (including phenoxy) is 2. The van der Waals surface area contributed by atoms with E-state index in [1.54, 1.807) is 69.3 Å². The van der Waals surface area contributed by atoms with Crippen molar-refractivity contribution in [3.05, 3.63) is 64.7 Å². The van der Waals surface area contributed by atoms with E-state index < -0.39 is 5.41 Å². The summed E-state index contributed by atoms with van der Waals surface area (Å²) in [6.07, 6.45) is 0. The van der Waals surface area contributed by atoms with Gasteiger partial charge in [-0.3, -0.25) is 9.59 Å². The van der Waals surface area contributed by atoms with Crippen molar-refractivity contribution in [1.29, 1.82) is 0 Å². The van der Waals surface area contributed by atoms with Crippen molar-refractivity contribution in [2.75, 3.05) is 13.2 Å². The highest BCUT2D eigenvalue weighted by Gasteiger charge is 2.30. The van der Waals surface area contributed by atoms with Crippen molar-refractivity contribution in [2.24, 2.45) is 5.41 Å². The molecule has 25 heavy (non-hydrogen) atoms. The summed E-state index contributed by atoms with van der Waals surface area (Å²) in [5, 5.41) is 0.588. The second-order valence-electron chi connectivity index (χ2n) is 6.25. The van der Waals surface area contributed by atoms with Gasteiger partial charge in [-0.15, -0.1) is 0 Å². The van der Waals surface area contributed by atoms with Gasteiger partial charge in [-0.05, 0) is 69.3 Å². The Kier molecular flexibility index (Phi) is 6.21. The molecule has 0 spiro atoms. The minimum atomic E-state index is -0.742. The molecule has 2 aromatic carbocycles. The Hall–Kier alpha value is -2.33. The molecule has 0 N–H and O–H groups in total. The van der Waals surface area contributed by atoms with E-state index in [0.29, 0.717) is 28.5 Å². The number of carbonyl (C=O) groups is 2. The number of hydrogen-bond donors (Lipinski definition) is 0. The summed E-state index contributed by atoms with van der Waals surface area (Å²) in [4.78, 5) is 24.3. The number of halogens is 1. The van der Waals surface area contributed by atoms with Gasteiger partial charge >= 0.3 is 5.97 Å². The van der Waals surface area contributed by atoms with E-state index in [1.807, 2.05) is 0 Å². The quantitative estimate of drug-likeness (QED) is 0.537. The fourth-order valence-electron chi connectivity index (χ4n) is 2.12. The molecular weight excluding hydrogens is 340 g/mol. The minimum absolute atomic E-state index is 0.0879. The summed E-state index contributed by atoms with van der Waals surface area (Å²) < 4.78 is 10.7. The van der Waals surface area contributed by atoms with E-state index in [4.69, 9.17) is 21.1 Å². The molecule has 132 valence electrons. The number of ketones is 1. The van der Waals surface area contributed by atoms with Crippen molar-refractivity contribution in [3.63, 3.8) is 0 Å². The van der Waals surface area contributed by atoms with Crippen LogP contribution in [0.15, 0.2) is 48.5 Å². The van der Waals surface area contributed by atoms with Gasteiger partial charge in [-0.1, -0.05) is 11.6 Å². The third-order valence-electron chi connectivity index (χ3n) is 3.65. The molecule has 0 aromatic heterocycles. The van der Waals surface area contributed by atoms with Gasteiger partial charge in [0.15, 0.2) is 5.78 Å². The molecule has 0 bridgehead atoms. The fourth-order valence-corrected chi connectivity index (χ4v) is 2.25. The first-order chi connectivity index (χ1) is 11.8. The van der Waals surface area contributed by atoms with Gasteiger partial charge in [-0.2, -0.15) is 0 Å². The van der Waals surface area contributed by atoms with Crippen molar-refractivity contribution < 1.29 is 19.1 Å². The van der Waals surface area contributed by atoms with Crippen molar-refractivity contribution >= 4 is 23.4 Å². The van der Waals surface area contributed by atoms with Crippen LogP contribution in [0.1, 0.15) is 36.7 Å². The molecule has 4 nitrogen and oxygen atoms in total. The van der Waals surface area contributed by atoms with Crippen LogP contribution in [-0.4, -0.2) is 25.0 Å². The molecule has 0 unspecified atom stereocenters. The Labute approximate surface area is 152 Å². The Morgan fingerprint density at radius 3 is 2.00 bits per heavy atom. The predicted octanol–water partition coefficient (Wildman–Crippen LogP) is 4.54. The number of hydrogen-bond acceptors (Lipinski definition) is 4. The van der Waals surface area contributed by atoms with E-state index in [1.165, 1.54) is 0 Å². The Morgan fingerprint density at radius 2 is 1.48 bits per heavy atom. The van der Waals surface area contributed by atoms with Crippen LogP contribution in [-0.2, 0) is 9.53 Å². The lowest BCUT2D eigenvalue weighted by molar-refractivity contribution is -0.155. The van der Waals surface area contributed by atoms with E-state index >= 15 is 0 Å². The van der Waals surface area contributed by atoms with Gasteiger partial charge in [-0.25, -0.2) is 0 Å². The first-order valence-corrected chi connectivity index (χ1v) is 8.41. The van der Waals surface area contributed by atoms with Crippen LogP contribution in [0.25, 0.3) is 0 Å². The lowest BCUT2D eigenvalue weighted by atomic mass is 9.95. The molecule has 0 amide bonds. The Bertz CT molecular complexity index is 733. The van der Waals surface area contributed by atoms with Crippen LogP contribution in [0.2, 0.25) is 5.02 Å². The van der Waals surface area contributed by atoms with Gasteiger partial charge in [0.25, 0.3) is 0 Å². The van der Waals surface area contributed by atoms with Crippen LogP contribution < -0.4 is 4.74 Å². The Morgan fingerprint density at radius 1 is 0.960 bits per heavy atom. The van der Waals surface area contributed by atoms with Crippen molar-refractivity contribution in [2.45, 2.75) is 20.8 Å². The van der Waals surface area contributed by atoms with Crippen LogP contribution >= 0.6 is 11.6 Å². The lowest BCUT2D eigenvalue weighted by Crippen LogP contribution is -2.32. The van der Waals surface area contributed by atoms with E-state index in [0.717, 1.165) is 0 Å². The summed E-state index contributed by atoms with van der Waals surface area (Å²) in [6, 6.07) is 13.6. The molecule has 5 heteroatoms. The third-order valence-corrected chi connectivity index (χ3v) is 3.90. The number of rotatable bonds is 7. The lowest BCUT2D eigenvalue weighted by Gasteiger charge is -2.22. The number of carbonyl (C=O) groups excluding carboxylic acids is 2. The van der Waals surface area contributed by atoms with Gasteiger partial charge in [0.1, 0.15) is 12.4 Å². The molecule has 0 radical (unpaired) electrons.